The summed E-state index contributed by atoms with van der Waals surface area (Å²) in [6.45, 7) is 1.47. The maximum absolute atomic E-state index is 11.6. The molecule has 4 heteroatoms. The van der Waals surface area contributed by atoms with Crippen molar-refractivity contribution in [3.8, 4) is 0 Å². The van der Waals surface area contributed by atoms with Crippen molar-refractivity contribution in [2.75, 3.05) is 7.11 Å². The lowest BCUT2D eigenvalue weighted by molar-refractivity contribution is -0.155. The first-order valence-corrected chi connectivity index (χ1v) is 4.73. The minimum Gasteiger partial charge on any atom is -0.463 e. The van der Waals surface area contributed by atoms with Crippen LogP contribution in [-0.2, 0) is 19.1 Å². The number of rotatable bonds is 4. The third-order valence-electron chi connectivity index (χ3n) is 2.71. The van der Waals surface area contributed by atoms with Gasteiger partial charge in [0.15, 0.2) is 0 Å². The fraction of sp³-hybridized carbons (Fsp3) is 0.700. The standard InChI is InChI=1S/C10H14O4/c1-6(9(12)10(13)14-2)8(11)7-4-3-5-7/h6-7H,3-5H2,1-2H3. The summed E-state index contributed by atoms with van der Waals surface area (Å²) in [5.41, 5.74) is 0. The normalized spacial score (nSPS) is 18.1. The van der Waals surface area contributed by atoms with Crippen molar-refractivity contribution in [3.05, 3.63) is 0 Å². The summed E-state index contributed by atoms with van der Waals surface area (Å²) in [5.74, 6) is -2.63. The maximum Gasteiger partial charge on any atom is 0.375 e. The van der Waals surface area contributed by atoms with Gasteiger partial charge in [0.25, 0.3) is 0 Å². The fourth-order valence-electron chi connectivity index (χ4n) is 1.45. The minimum atomic E-state index is -0.926. The lowest BCUT2D eigenvalue weighted by atomic mass is 9.77. The number of carbonyl (C=O) groups excluding carboxylic acids is 3. The quantitative estimate of drug-likeness (QED) is 0.379. The zero-order valence-corrected chi connectivity index (χ0v) is 8.41. The summed E-state index contributed by atoms with van der Waals surface area (Å²) in [7, 11) is 1.14. The first-order chi connectivity index (χ1) is 6.57. The largest absolute Gasteiger partial charge is 0.463 e. The summed E-state index contributed by atoms with van der Waals surface area (Å²) in [4.78, 5) is 33.7. The van der Waals surface area contributed by atoms with Crippen molar-refractivity contribution in [1.29, 1.82) is 0 Å². The average Bonchev–Trinajstić information content (AvgIpc) is 2.11. The second kappa shape index (κ2) is 4.35. The zero-order valence-electron chi connectivity index (χ0n) is 8.41. The van der Waals surface area contributed by atoms with Crippen LogP contribution in [0.25, 0.3) is 0 Å². The molecule has 0 spiro atoms. The van der Waals surface area contributed by atoms with E-state index in [1.54, 1.807) is 0 Å². The van der Waals surface area contributed by atoms with Gasteiger partial charge in [0.1, 0.15) is 5.78 Å². The number of ether oxygens (including phenoxy) is 1. The topological polar surface area (TPSA) is 60.4 Å². The fourth-order valence-corrected chi connectivity index (χ4v) is 1.45. The molecule has 1 fully saturated rings. The number of ketones is 2. The molecule has 0 aromatic carbocycles. The number of Topliss-reactive ketones (excluding diaryl/α,β-unsaturated/α-hetero) is 2. The van der Waals surface area contributed by atoms with Crippen LogP contribution in [0.1, 0.15) is 26.2 Å². The Morgan fingerprint density at radius 1 is 1.29 bits per heavy atom. The second-order valence-corrected chi connectivity index (χ2v) is 3.61. The highest BCUT2D eigenvalue weighted by Gasteiger charge is 2.35. The van der Waals surface area contributed by atoms with Crippen LogP contribution in [0.4, 0.5) is 0 Å². The monoisotopic (exact) mass is 198 g/mol. The van der Waals surface area contributed by atoms with Gasteiger partial charge in [0.2, 0.25) is 5.78 Å². The van der Waals surface area contributed by atoms with E-state index in [0.717, 1.165) is 26.4 Å². The number of methoxy groups -OCH3 is 1. The molecule has 1 aliphatic rings. The van der Waals surface area contributed by atoms with Gasteiger partial charge in [-0.1, -0.05) is 6.42 Å². The summed E-state index contributed by atoms with van der Waals surface area (Å²) < 4.78 is 4.27. The molecule has 1 rings (SSSR count). The van der Waals surface area contributed by atoms with Gasteiger partial charge in [0.05, 0.1) is 13.0 Å². The van der Waals surface area contributed by atoms with Crippen LogP contribution < -0.4 is 0 Å². The Bertz CT molecular complexity index is 265. The van der Waals surface area contributed by atoms with Gasteiger partial charge in [-0.05, 0) is 19.8 Å². The van der Waals surface area contributed by atoms with E-state index in [-0.39, 0.29) is 11.7 Å². The molecule has 0 aromatic heterocycles. The van der Waals surface area contributed by atoms with E-state index in [2.05, 4.69) is 4.74 Å². The maximum atomic E-state index is 11.6. The van der Waals surface area contributed by atoms with Gasteiger partial charge in [-0.15, -0.1) is 0 Å². The molecule has 0 amide bonds. The molecule has 0 saturated heterocycles. The highest BCUT2D eigenvalue weighted by molar-refractivity contribution is 6.38. The van der Waals surface area contributed by atoms with E-state index in [0.29, 0.717) is 0 Å². The van der Waals surface area contributed by atoms with Gasteiger partial charge in [-0.2, -0.15) is 0 Å². The van der Waals surface area contributed by atoms with Crippen LogP contribution in [0.15, 0.2) is 0 Å². The van der Waals surface area contributed by atoms with Gasteiger partial charge in [0, 0.05) is 5.92 Å². The van der Waals surface area contributed by atoms with Crippen LogP contribution in [0.2, 0.25) is 0 Å². The second-order valence-electron chi connectivity index (χ2n) is 3.61. The Kier molecular flexibility index (Phi) is 3.38. The first-order valence-electron chi connectivity index (χ1n) is 4.73. The molecule has 0 aromatic rings. The molecule has 4 nitrogen and oxygen atoms in total. The van der Waals surface area contributed by atoms with Crippen molar-refractivity contribution in [1.82, 2.24) is 0 Å². The van der Waals surface area contributed by atoms with Crippen LogP contribution in [0.3, 0.4) is 0 Å². The Morgan fingerprint density at radius 3 is 2.21 bits per heavy atom. The summed E-state index contributed by atoms with van der Waals surface area (Å²) in [6.07, 6.45) is 2.73. The Hall–Kier alpha value is -1.19. The van der Waals surface area contributed by atoms with E-state index in [1.165, 1.54) is 6.92 Å². The van der Waals surface area contributed by atoms with Crippen LogP contribution in [0.5, 0.6) is 0 Å². The first kappa shape index (κ1) is 10.9. The molecule has 1 unspecified atom stereocenters. The molecule has 1 saturated carbocycles. The lowest BCUT2D eigenvalue weighted by Gasteiger charge is -2.25. The molecule has 0 bridgehead atoms. The van der Waals surface area contributed by atoms with Crippen LogP contribution >= 0.6 is 0 Å². The summed E-state index contributed by atoms with van der Waals surface area (Å²) in [5, 5.41) is 0. The number of hydrogen-bond acceptors (Lipinski definition) is 4. The van der Waals surface area contributed by atoms with Crippen molar-refractivity contribution in [3.63, 3.8) is 0 Å². The van der Waals surface area contributed by atoms with Crippen molar-refractivity contribution < 1.29 is 19.1 Å². The molecular formula is C10H14O4. The SMILES string of the molecule is COC(=O)C(=O)C(C)C(=O)C1CCC1. The number of esters is 1. The molecular weight excluding hydrogens is 184 g/mol. The van der Waals surface area contributed by atoms with E-state index in [9.17, 15) is 14.4 Å². The van der Waals surface area contributed by atoms with E-state index >= 15 is 0 Å². The van der Waals surface area contributed by atoms with Gasteiger partial charge in [-0.25, -0.2) is 4.79 Å². The molecule has 0 radical (unpaired) electrons. The summed E-state index contributed by atoms with van der Waals surface area (Å²) in [6, 6.07) is 0. The molecule has 14 heavy (non-hydrogen) atoms. The Labute approximate surface area is 82.6 Å². The highest BCUT2D eigenvalue weighted by atomic mass is 16.5. The van der Waals surface area contributed by atoms with Crippen LogP contribution in [-0.4, -0.2) is 24.6 Å². The van der Waals surface area contributed by atoms with Gasteiger partial charge in [-0.3, -0.25) is 9.59 Å². The Morgan fingerprint density at radius 2 is 1.86 bits per heavy atom. The minimum absolute atomic E-state index is 0.0152. The predicted molar refractivity (Wildman–Crippen MR) is 48.5 cm³/mol. The molecule has 0 heterocycles. The number of carbonyl (C=O) groups is 3. The molecule has 1 atom stereocenters. The van der Waals surface area contributed by atoms with Crippen molar-refractivity contribution >= 4 is 17.5 Å². The van der Waals surface area contributed by atoms with E-state index in [1.807, 2.05) is 0 Å². The smallest absolute Gasteiger partial charge is 0.375 e. The predicted octanol–water partition coefficient (Wildman–Crippen LogP) is 0.734. The third-order valence-corrected chi connectivity index (χ3v) is 2.71. The molecule has 0 aliphatic heterocycles. The summed E-state index contributed by atoms with van der Waals surface area (Å²) >= 11 is 0. The average molecular weight is 198 g/mol. The molecule has 78 valence electrons. The zero-order chi connectivity index (χ0) is 10.7. The van der Waals surface area contributed by atoms with Crippen molar-refractivity contribution in [2.45, 2.75) is 26.2 Å². The Balaban J connectivity index is 2.54. The lowest BCUT2D eigenvalue weighted by Crippen LogP contribution is -2.35. The van der Waals surface area contributed by atoms with Crippen molar-refractivity contribution in [2.24, 2.45) is 11.8 Å². The highest BCUT2D eigenvalue weighted by Crippen LogP contribution is 2.29. The number of hydrogen-bond donors (Lipinski definition) is 0. The van der Waals surface area contributed by atoms with Gasteiger partial charge < -0.3 is 4.74 Å². The van der Waals surface area contributed by atoms with Gasteiger partial charge >= 0.3 is 5.97 Å². The third kappa shape index (κ3) is 2.00. The molecule has 0 N–H and O–H groups in total. The van der Waals surface area contributed by atoms with Crippen LogP contribution in [0, 0.1) is 11.8 Å². The molecule has 1 aliphatic carbocycles. The van der Waals surface area contributed by atoms with E-state index in [4.69, 9.17) is 0 Å². The van der Waals surface area contributed by atoms with E-state index < -0.39 is 17.7 Å².